The van der Waals surface area contributed by atoms with Gasteiger partial charge in [0, 0.05) is 11.6 Å². The Bertz CT molecular complexity index is 1280. The molecule has 0 aliphatic heterocycles. The number of benzene rings is 3. The molecule has 0 spiro atoms. The number of aryl methyl sites for hydroxylation is 1. The lowest BCUT2D eigenvalue weighted by atomic mass is 10.1. The van der Waals surface area contributed by atoms with Crippen molar-refractivity contribution in [2.75, 3.05) is 22.7 Å². The van der Waals surface area contributed by atoms with Crippen LogP contribution in [0.2, 0.25) is 5.02 Å². The van der Waals surface area contributed by atoms with Crippen LogP contribution in [0, 0.1) is 6.92 Å². The zero-order valence-electron chi connectivity index (χ0n) is 18.9. The fourth-order valence-electron chi connectivity index (χ4n) is 3.31. The smallest absolute Gasteiger partial charge is 0.264 e. The van der Waals surface area contributed by atoms with E-state index >= 15 is 0 Å². The number of nitrogens with one attached hydrogen (secondary N) is 2. The molecule has 0 radical (unpaired) electrons. The summed E-state index contributed by atoms with van der Waals surface area (Å²) in [7, 11) is -4.08. The molecule has 0 aromatic heterocycles. The van der Waals surface area contributed by atoms with Crippen LogP contribution in [0.4, 0.5) is 11.4 Å². The molecule has 2 amide bonds. The monoisotopic (exact) mass is 499 g/mol. The SMILES string of the molecule is CCCNC(=O)c1ccccc1NC(=O)CN(c1cc(Cl)ccc1C)S(=O)(=O)c1ccccc1. The highest BCUT2D eigenvalue weighted by molar-refractivity contribution is 7.92. The summed E-state index contributed by atoms with van der Waals surface area (Å²) in [5, 5.41) is 5.80. The molecule has 3 rings (SSSR count). The van der Waals surface area contributed by atoms with Crippen LogP contribution >= 0.6 is 11.6 Å². The molecular formula is C25H26ClN3O4S. The average molecular weight is 500 g/mol. The van der Waals surface area contributed by atoms with Crippen LogP contribution in [0.15, 0.2) is 77.7 Å². The van der Waals surface area contributed by atoms with Gasteiger partial charge in [0.15, 0.2) is 0 Å². The summed E-state index contributed by atoms with van der Waals surface area (Å²) in [6.07, 6.45) is 0.769. The van der Waals surface area contributed by atoms with E-state index in [1.54, 1.807) is 61.5 Å². The van der Waals surface area contributed by atoms with E-state index in [0.29, 0.717) is 34.1 Å². The predicted octanol–water partition coefficient (Wildman–Crippen LogP) is 4.62. The third kappa shape index (κ3) is 5.95. The van der Waals surface area contributed by atoms with Crippen molar-refractivity contribution in [3.63, 3.8) is 0 Å². The van der Waals surface area contributed by atoms with Crippen LogP contribution in [0.3, 0.4) is 0 Å². The van der Waals surface area contributed by atoms with Crippen molar-refractivity contribution in [2.24, 2.45) is 0 Å². The van der Waals surface area contributed by atoms with E-state index in [1.807, 2.05) is 6.92 Å². The number of hydrogen-bond donors (Lipinski definition) is 2. The van der Waals surface area contributed by atoms with Crippen molar-refractivity contribution in [3.05, 3.63) is 88.9 Å². The highest BCUT2D eigenvalue weighted by atomic mass is 35.5. The zero-order chi connectivity index (χ0) is 24.7. The van der Waals surface area contributed by atoms with Gasteiger partial charge >= 0.3 is 0 Å². The van der Waals surface area contributed by atoms with Gasteiger partial charge < -0.3 is 10.6 Å². The van der Waals surface area contributed by atoms with Gasteiger partial charge in [0.05, 0.1) is 21.8 Å². The van der Waals surface area contributed by atoms with Crippen molar-refractivity contribution in [2.45, 2.75) is 25.2 Å². The molecule has 7 nitrogen and oxygen atoms in total. The van der Waals surface area contributed by atoms with E-state index < -0.39 is 22.5 Å². The van der Waals surface area contributed by atoms with E-state index in [2.05, 4.69) is 10.6 Å². The molecule has 0 bridgehead atoms. The van der Waals surface area contributed by atoms with Gasteiger partial charge in [-0.25, -0.2) is 8.42 Å². The van der Waals surface area contributed by atoms with Crippen LogP contribution in [0.5, 0.6) is 0 Å². The molecular weight excluding hydrogens is 474 g/mol. The number of sulfonamides is 1. The van der Waals surface area contributed by atoms with Gasteiger partial charge in [0.2, 0.25) is 5.91 Å². The summed E-state index contributed by atoms with van der Waals surface area (Å²) in [5.41, 5.74) is 1.51. The molecule has 3 aromatic carbocycles. The Hall–Kier alpha value is -3.36. The molecule has 178 valence electrons. The van der Waals surface area contributed by atoms with Crippen molar-refractivity contribution in [1.82, 2.24) is 5.32 Å². The fourth-order valence-corrected chi connectivity index (χ4v) is 4.98. The van der Waals surface area contributed by atoms with Crippen molar-refractivity contribution < 1.29 is 18.0 Å². The number of anilines is 2. The Balaban J connectivity index is 1.95. The number of amides is 2. The molecule has 0 aliphatic carbocycles. The first-order valence-electron chi connectivity index (χ1n) is 10.7. The maximum absolute atomic E-state index is 13.5. The maximum Gasteiger partial charge on any atom is 0.264 e. The number of carbonyl (C=O) groups excluding carboxylic acids is 2. The molecule has 0 aliphatic rings. The lowest BCUT2D eigenvalue weighted by Crippen LogP contribution is -2.39. The Morgan fingerprint density at radius 2 is 1.65 bits per heavy atom. The van der Waals surface area contributed by atoms with Crippen LogP contribution in [-0.4, -0.2) is 33.3 Å². The Morgan fingerprint density at radius 1 is 0.971 bits per heavy atom. The van der Waals surface area contributed by atoms with Gasteiger partial charge in [-0.2, -0.15) is 0 Å². The summed E-state index contributed by atoms with van der Waals surface area (Å²) >= 11 is 6.15. The van der Waals surface area contributed by atoms with Gasteiger partial charge in [-0.05, 0) is 55.3 Å². The number of para-hydroxylation sites is 1. The summed E-state index contributed by atoms with van der Waals surface area (Å²) in [4.78, 5) is 25.6. The van der Waals surface area contributed by atoms with Gasteiger partial charge in [0.1, 0.15) is 6.54 Å². The third-order valence-corrected chi connectivity index (χ3v) is 7.05. The lowest BCUT2D eigenvalue weighted by molar-refractivity contribution is -0.114. The number of carbonyl (C=O) groups is 2. The van der Waals surface area contributed by atoms with Crippen molar-refractivity contribution in [1.29, 1.82) is 0 Å². The summed E-state index contributed by atoms with van der Waals surface area (Å²) in [5.74, 6) is -0.924. The number of nitrogens with zero attached hydrogens (tertiary/aromatic N) is 1. The van der Waals surface area contributed by atoms with Gasteiger partial charge in [-0.1, -0.05) is 54.9 Å². The minimum atomic E-state index is -4.08. The second-order valence-corrected chi connectivity index (χ2v) is 9.90. The summed E-state index contributed by atoms with van der Waals surface area (Å²) in [6, 6.07) is 19.3. The minimum absolute atomic E-state index is 0.0431. The molecule has 0 atom stereocenters. The molecule has 0 fully saturated rings. The van der Waals surface area contributed by atoms with Crippen LogP contribution in [0.25, 0.3) is 0 Å². The van der Waals surface area contributed by atoms with Gasteiger partial charge in [-0.3, -0.25) is 13.9 Å². The average Bonchev–Trinajstić information content (AvgIpc) is 2.83. The summed E-state index contributed by atoms with van der Waals surface area (Å²) < 4.78 is 28.1. The molecule has 0 saturated carbocycles. The third-order valence-electron chi connectivity index (χ3n) is 5.04. The second kappa shape index (κ2) is 11.2. The maximum atomic E-state index is 13.5. The Kier molecular flexibility index (Phi) is 8.31. The van der Waals surface area contributed by atoms with E-state index in [1.165, 1.54) is 18.2 Å². The van der Waals surface area contributed by atoms with E-state index in [4.69, 9.17) is 11.6 Å². The lowest BCUT2D eigenvalue weighted by Gasteiger charge is -2.26. The minimum Gasteiger partial charge on any atom is -0.352 e. The van der Waals surface area contributed by atoms with Gasteiger partial charge in [-0.15, -0.1) is 0 Å². The molecule has 3 aromatic rings. The highest BCUT2D eigenvalue weighted by Gasteiger charge is 2.28. The molecule has 34 heavy (non-hydrogen) atoms. The Labute approximate surface area is 204 Å². The number of halogens is 1. The topological polar surface area (TPSA) is 95.6 Å². The first-order valence-corrected chi connectivity index (χ1v) is 12.6. The largest absolute Gasteiger partial charge is 0.352 e. The van der Waals surface area contributed by atoms with Gasteiger partial charge in [0.25, 0.3) is 15.9 Å². The first kappa shape index (κ1) is 25.3. The zero-order valence-corrected chi connectivity index (χ0v) is 20.5. The molecule has 0 heterocycles. The molecule has 9 heteroatoms. The number of hydrogen-bond acceptors (Lipinski definition) is 4. The number of rotatable bonds is 9. The van der Waals surface area contributed by atoms with Crippen LogP contribution in [0.1, 0.15) is 29.3 Å². The quantitative estimate of drug-likeness (QED) is 0.449. The fraction of sp³-hybridized carbons (Fsp3) is 0.200. The van der Waals surface area contributed by atoms with E-state index in [9.17, 15) is 18.0 Å². The molecule has 0 unspecified atom stereocenters. The van der Waals surface area contributed by atoms with Crippen LogP contribution < -0.4 is 14.9 Å². The predicted molar refractivity (Wildman–Crippen MR) is 135 cm³/mol. The highest BCUT2D eigenvalue weighted by Crippen LogP contribution is 2.29. The standard InChI is InChI=1S/C25H26ClN3O4S/c1-3-15-27-25(31)21-11-7-8-12-22(21)28-24(30)17-29(23-16-19(26)14-13-18(23)2)34(32,33)20-9-5-4-6-10-20/h4-14,16H,3,15,17H2,1-2H3,(H,27,31)(H,28,30). The van der Waals surface area contributed by atoms with Crippen molar-refractivity contribution in [3.8, 4) is 0 Å². The normalized spacial score (nSPS) is 11.0. The molecule has 0 saturated heterocycles. The van der Waals surface area contributed by atoms with E-state index in [0.717, 1.165) is 10.7 Å². The van der Waals surface area contributed by atoms with E-state index in [-0.39, 0.29) is 10.8 Å². The second-order valence-electron chi connectivity index (χ2n) is 7.61. The van der Waals surface area contributed by atoms with Crippen LogP contribution in [-0.2, 0) is 14.8 Å². The summed E-state index contributed by atoms with van der Waals surface area (Å²) in [6.45, 7) is 3.67. The van der Waals surface area contributed by atoms with Crippen molar-refractivity contribution >= 4 is 44.8 Å². The molecule has 2 N–H and O–H groups in total. The Morgan fingerprint density at radius 3 is 2.35 bits per heavy atom. The first-order chi connectivity index (χ1) is 16.2.